The third-order valence-electron chi connectivity index (χ3n) is 5.72. The zero-order chi connectivity index (χ0) is 24.3. The van der Waals surface area contributed by atoms with E-state index in [2.05, 4.69) is 13.8 Å². The van der Waals surface area contributed by atoms with Crippen LogP contribution in [0.5, 0.6) is 0 Å². The number of ether oxygens (including phenoxy) is 1. The van der Waals surface area contributed by atoms with Crippen molar-refractivity contribution in [2.24, 2.45) is 0 Å². The second kappa shape index (κ2) is 27.3. The van der Waals surface area contributed by atoms with Crippen LogP contribution >= 0.6 is 0 Å². The number of nitrogens with one attached hydrogen (secondary N) is 1. The van der Waals surface area contributed by atoms with E-state index in [0.717, 1.165) is 13.2 Å². The van der Waals surface area contributed by atoms with Gasteiger partial charge in [0.15, 0.2) is 0 Å². The maximum Gasteiger partial charge on any atom is 0.101 e. The molecule has 0 aliphatic rings. The van der Waals surface area contributed by atoms with Crippen molar-refractivity contribution in [1.82, 2.24) is 0 Å². The van der Waals surface area contributed by atoms with Crippen LogP contribution in [0.4, 0.5) is 0 Å². The predicted octanol–water partition coefficient (Wildman–Crippen LogP) is 0.406. The SMILES string of the molecule is CCCCCCCCCCCCCCCCCC[NH+](CC)CCOCCO.[O-][Cl+3]([O-])([O-])[O-]. The molecule has 0 aliphatic heterocycles. The van der Waals surface area contributed by atoms with E-state index in [4.69, 9.17) is 28.5 Å². The first-order valence-electron chi connectivity index (χ1n) is 13.0. The van der Waals surface area contributed by atoms with Gasteiger partial charge in [0.2, 0.25) is 0 Å². The lowest BCUT2D eigenvalue weighted by molar-refractivity contribution is -2.00. The molecule has 196 valence electrons. The molecule has 0 aromatic carbocycles. The van der Waals surface area contributed by atoms with Crippen molar-refractivity contribution in [3.05, 3.63) is 0 Å². The summed E-state index contributed by atoms with van der Waals surface area (Å²) in [4.78, 5) is 1.64. The average molecular weight is 486 g/mol. The number of halogens is 1. The number of likely N-dealkylation sites (N-methyl/N-ethyl adjacent to an activating group) is 1. The summed E-state index contributed by atoms with van der Waals surface area (Å²) in [5.41, 5.74) is 0. The van der Waals surface area contributed by atoms with E-state index in [9.17, 15) is 0 Å². The van der Waals surface area contributed by atoms with Gasteiger partial charge in [0.1, 0.15) is 6.54 Å². The maximum atomic E-state index is 8.72. The standard InChI is InChI=1S/C24H51NO2.ClHO4/c1-3-5-6-7-8-9-10-11-12-13-14-15-16-17-18-19-20-25(4-2)21-23-27-24-22-26;2-1(3,4)5/h26H,3-24H2,1-2H3;(H,2,3,4,5). The topological polar surface area (TPSA) is 126 Å². The van der Waals surface area contributed by atoms with E-state index >= 15 is 0 Å². The number of rotatable bonds is 23. The van der Waals surface area contributed by atoms with Crippen LogP contribution < -0.4 is 23.5 Å². The Morgan fingerprint density at radius 2 is 0.969 bits per heavy atom. The number of quaternary nitrogens is 1. The Morgan fingerprint density at radius 3 is 1.31 bits per heavy atom. The highest BCUT2D eigenvalue weighted by molar-refractivity contribution is 4.50. The van der Waals surface area contributed by atoms with Crippen molar-refractivity contribution < 1.29 is 43.6 Å². The Labute approximate surface area is 199 Å². The molecule has 0 bridgehead atoms. The minimum Gasteiger partial charge on any atom is -0.394 e. The van der Waals surface area contributed by atoms with Crippen LogP contribution in [0.3, 0.4) is 0 Å². The van der Waals surface area contributed by atoms with Crippen LogP contribution in [-0.4, -0.2) is 44.6 Å². The summed E-state index contributed by atoms with van der Waals surface area (Å²) in [6, 6.07) is 0. The molecule has 0 aromatic rings. The zero-order valence-electron chi connectivity index (χ0n) is 20.9. The third kappa shape index (κ3) is 37.3. The Kier molecular flexibility index (Phi) is 29.1. The van der Waals surface area contributed by atoms with Crippen molar-refractivity contribution in [1.29, 1.82) is 0 Å². The summed E-state index contributed by atoms with van der Waals surface area (Å²) in [5.74, 6) is 0. The molecule has 0 aliphatic carbocycles. The Bertz CT molecular complexity index is 339. The molecule has 0 fully saturated rings. The van der Waals surface area contributed by atoms with Gasteiger partial charge in [-0.05, 0) is 19.8 Å². The lowest BCUT2D eigenvalue weighted by Gasteiger charge is -2.17. The van der Waals surface area contributed by atoms with E-state index in [1.54, 1.807) is 4.90 Å². The van der Waals surface area contributed by atoms with E-state index in [-0.39, 0.29) is 6.61 Å². The molecule has 2 N–H and O–H groups in total. The van der Waals surface area contributed by atoms with Crippen molar-refractivity contribution in [2.45, 2.75) is 117 Å². The molecule has 1 unspecified atom stereocenters. The Hall–Kier alpha value is 0.01000. The molecule has 0 saturated heterocycles. The second-order valence-electron chi connectivity index (χ2n) is 8.62. The number of aliphatic hydroxyl groups is 1. The van der Waals surface area contributed by atoms with Gasteiger partial charge >= 0.3 is 0 Å². The quantitative estimate of drug-likeness (QED) is 0.202. The number of hydrogen-bond donors (Lipinski definition) is 2. The molecule has 1 atom stereocenters. The summed E-state index contributed by atoms with van der Waals surface area (Å²) < 4.78 is 39.3. The summed E-state index contributed by atoms with van der Waals surface area (Å²) in [6.07, 6.45) is 22.9. The van der Waals surface area contributed by atoms with Crippen molar-refractivity contribution >= 4 is 0 Å². The molecule has 0 amide bonds. The monoisotopic (exact) mass is 485 g/mol. The third-order valence-corrected chi connectivity index (χ3v) is 5.72. The Balaban J connectivity index is 0. The second-order valence-corrected chi connectivity index (χ2v) is 9.38. The fourth-order valence-corrected chi connectivity index (χ4v) is 3.78. The molecule has 0 rings (SSSR count). The summed E-state index contributed by atoms with van der Waals surface area (Å²) in [6.45, 7) is 9.49. The molecule has 0 spiro atoms. The van der Waals surface area contributed by atoms with E-state index < -0.39 is 10.2 Å². The van der Waals surface area contributed by atoms with Gasteiger partial charge in [-0.2, -0.15) is 0 Å². The zero-order valence-corrected chi connectivity index (χ0v) is 21.7. The lowest BCUT2D eigenvalue weighted by Crippen LogP contribution is -3.12. The van der Waals surface area contributed by atoms with Crippen LogP contribution in [0.1, 0.15) is 117 Å². The van der Waals surface area contributed by atoms with Gasteiger partial charge in [0, 0.05) is 0 Å². The van der Waals surface area contributed by atoms with Gasteiger partial charge in [0.25, 0.3) is 0 Å². The summed E-state index contributed by atoms with van der Waals surface area (Å²) in [5, 5.41) is 8.72. The first-order chi connectivity index (χ1) is 15.3. The maximum absolute atomic E-state index is 8.72. The van der Waals surface area contributed by atoms with Crippen LogP contribution in [0.2, 0.25) is 0 Å². The highest BCUT2D eigenvalue weighted by Crippen LogP contribution is 2.13. The van der Waals surface area contributed by atoms with E-state index in [1.807, 2.05) is 0 Å². The Morgan fingerprint density at radius 1 is 0.594 bits per heavy atom. The summed E-state index contributed by atoms with van der Waals surface area (Å²) in [7, 11) is -4.94. The van der Waals surface area contributed by atoms with Crippen molar-refractivity contribution in [2.75, 3.05) is 39.5 Å². The van der Waals surface area contributed by atoms with Gasteiger partial charge < -0.3 is 14.7 Å². The average Bonchev–Trinajstić information content (AvgIpc) is 2.73. The molecular weight excluding hydrogens is 434 g/mol. The first-order valence-corrected chi connectivity index (χ1v) is 14.2. The summed E-state index contributed by atoms with van der Waals surface area (Å²) >= 11 is 0. The van der Waals surface area contributed by atoms with Crippen LogP contribution in [-0.2, 0) is 4.74 Å². The predicted molar refractivity (Wildman–Crippen MR) is 119 cm³/mol. The normalized spacial score (nSPS) is 12.5. The van der Waals surface area contributed by atoms with Crippen molar-refractivity contribution in [3.63, 3.8) is 0 Å². The smallest absolute Gasteiger partial charge is 0.101 e. The largest absolute Gasteiger partial charge is 0.394 e. The highest BCUT2D eigenvalue weighted by atomic mass is 35.7. The molecule has 0 aromatic heterocycles. The van der Waals surface area contributed by atoms with Gasteiger partial charge in [-0.1, -0.05) is 96.8 Å². The van der Waals surface area contributed by atoms with Crippen LogP contribution in [0.25, 0.3) is 0 Å². The molecular formula is C24H52ClNO6. The van der Waals surface area contributed by atoms with Crippen molar-refractivity contribution in [3.8, 4) is 0 Å². The van der Waals surface area contributed by atoms with E-state index in [1.165, 1.54) is 116 Å². The minimum absolute atomic E-state index is 0.139. The van der Waals surface area contributed by atoms with E-state index in [0.29, 0.717) is 6.61 Å². The molecule has 0 saturated carbocycles. The van der Waals surface area contributed by atoms with Gasteiger partial charge in [0.05, 0.1) is 32.9 Å². The fourth-order valence-electron chi connectivity index (χ4n) is 3.78. The number of aliphatic hydroxyl groups excluding tert-OH is 1. The molecule has 8 heteroatoms. The van der Waals surface area contributed by atoms with Crippen LogP contribution in [0.15, 0.2) is 0 Å². The fraction of sp³-hybridized carbons (Fsp3) is 1.00. The van der Waals surface area contributed by atoms with Crippen LogP contribution in [0, 0.1) is 10.2 Å². The molecule has 0 radical (unpaired) electrons. The van der Waals surface area contributed by atoms with Gasteiger partial charge in [-0.25, -0.2) is 18.6 Å². The number of hydrogen-bond acceptors (Lipinski definition) is 6. The highest BCUT2D eigenvalue weighted by Gasteiger charge is 2.05. The van der Waals surface area contributed by atoms with Gasteiger partial charge in [-0.15, -0.1) is 10.2 Å². The molecule has 32 heavy (non-hydrogen) atoms. The lowest BCUT2D eigenvalue weighted by atomic mass is 10.0. The molecule has 0 heterocycles. The number of unbranched alkanes of at least 4 members (excludes halogenated alkanes) is 15. The minimum atomic E-state index is -4.94. The van der Waals surface area contributed by atoms with Gasteiger partial charge in [-0.3, -0.25) is 0 Å². The first kappa shape index (κ1) is 34.2. The molecule has 7 nitrogen and oxygen atoms in total.